The second-order valence-corrected chi connectivity index (χ2v) is 5.09. The number of aryl methyl sites for hydroxylation is 1. The number of hydrogen-bond acceptors (Lipinski definition) is 6. The van der Waals surface area contributed by atoms with Crippen LogP contribution in [0, 0.1) is 0 Å². The van der Waals surface area contributed by atoms with E-state index in [0.717, 1.165) is 63.9 Å². The molecule has 1 aromatic heterocycles. The number of aromatic nitrogens is 2. The van der Waals surface area contributed by atoms with Crippen LogP contribution in [-0.2, 0) is 11.2 Å². The first-order chi connectivity index (χ1) is 10.3. The van der Waals surface area contributed by atoms with Crippen molar-refractivity contribution < 1.29 is 9.47 Å². The van der Waals surface area contributed by atoms with E-state index in [-0.39, 0.29) is 0 Å². The molecule has 0 spiro atoms. The molecule has 6 nitrogen and oxygen atoms in total. The van der Waals surface area contributed by atoms with Crippen LogP contribution in [0.5, 0.6) is 5.88 Å². The molecule has 0 bridgehead atoms. The van der Waals surface area contributed by atoms with Crippen molar-refractivity contribution in [2.75, 3.05) is 51.3 Å². The Bertz CT molecular complexity index is 422. The number of nitrogens with zero attached hydrogens (tertiary/aromatic N) is 3. The summed E-state index contributed by atoms with van der Waals surface area (Å²) in [6, 6.07) is 1.88. The molecule has 1 aliphatic heterocycles. The van der Waals surface area contributed by atoms with Crippen LogP contribution >= 0.6 is 0 Å². The second kappa shape index (κ2) is 8.79. The third-order valence-corrected chi connectivity index (χ3v) is 3.36. The normalized spacial score (nSPS) is 15.9. The maximum atomic E-state index is 5.62. The SMILES string of the molecule is CCCOc1cc(NCCN2CCOCC2)nc(CC)n1. The van der Waals surface area contributed by atoms with E-state index in [0.29, 0.717) is 12.5 Å². The molecule has 2 heterocycles. The Labute approximate surface area is 126 Å². The van der Waals surface area contributed by atoms with Gasteiger partial charge in [0.15, 0.2) is 0 Å². The number of morpholine rings is 1. The molecule has 21 heavy (non-hydrogen) atoms. The second-order valence-electron chi connectivity index (χ2n) is 5.09. The lowest BCUT2D eigenvalue weighted by Crippen LogP contribution is -2.39. The van der Waals surface area contributed by atoms with Crippen LogP contribution in [0.3, 0.4) is 0 Å². The summed E-state index contributed by atoms with van der Waals surface area (Å²) >= 11 is 0. The van der Waals surface area contributed by atoms with Crippen molar-refractivity contribution in [2.45, 2.75) is 26.7 Å². The zero-order valence-corrected chi connectivity index (χ0v) is 13.1. The van der Waals surface area contributed by atoms with E-state index in [4.69, 9.17) is 9.47 Å². The average Bonchev–Trinajstić information content (AvgIpc) is 2.53. The molecule has 0 amide bonds. The summed E-state index contributed by atoms with van der Waals surface area (Å²) in [5.41, 5.74) is 0. The molecule has 6 heteroatoms. The molecule has 0 aliphatic carbocycles. The third-order valence-electron chi connectivity index (χ3n) is 3.36. The summed E-state index contributed by atoms with van der Waals surface area (Å²) in [6.45, 7) is 10.4. The van der Waals surface area contributed by atoms with Gasteiger partial charge in [-0.15, -0.1) is 0 Å². The topological polar surface area (TPSA) is 59.5 Å². The van der Waals surface area contributed by atoms with Crippen molar-refractivity contribution in [3.8, 4) is 5.88 Å². The Morgan fingerprint density at radius 3 is 2.81 bits per heavy atom. The quantitative estimate of drug-likeness (QED) is 0.785. The van der Waals surface area contributed by atoms with Crippen molar-refractivity contribution in [3.05, 3.63) is 11.9 Å². The number of nitrogens with one attached hydrogen (secondary N) is 1. The van der Waals surface area contributed by atoms with Gasteiger partial charge >= 0.3 is 0 Å². The summed E-state index contributed by atoms with van der Waals surface area (Å²) in [5.74, 6) is 2.33. The average molecular weight is 294 g/mol. The lowest BCUT2D eigenvalue weighted by atomic mass is 10.4. The molecular weight excluding hydrogens is 268 g/mol. The predicted octanol–water partition coefficient (Wildman–Crippen LogP) is 1.57. The maximum Gasteiger partial charge on any atom is 0.218 e. The minimum Gasteiger partial charge on any atom is -0.478 e. The number of anilines is 1. The van der Waals surface area contributed by atoms with Gasteiger partial charge in [0.1, 0.15) is 11.6 Å². The van der Waals surface area contributed by atoms with Gasteiger partial charge in [-0.3, -0.25) is 4.90 Å². The van der Waals surface area contributed by atoms with E-state index >= 15 is 0 Å². The van der Waals surface area contributed by atoms with Crippen LogP contribution in [0.1, 0.15) is 26.1 Å². The minimum atomic E-state index is 0.664. The van der Waals surface area contributed by atoms with E-state index in [1.807, 2.05) is 6.07 Å². The zero-order valence-electron chi connectivity index (χ0n) is 13.1. The molecule has 1 aromatic rings. The smallest absolute Gasteiger partial charge is 0.218 e. The summed E-state index contributed by atoms with van der Waals surface area (Å²) in [5, 5.41) is 3.37. The van der Waals surface area contributed by atoms with Gasteiger partial charge in [0, 0.05) is 38.7 Å². The Morgan fingerprint density at radius 2 is 2.10 bits per heavy atom. The fourth-order valence-electron chi connectivity index (χ4n) is 2.17. The van der Waals surface area contributed by atoms with E-state index in [1.165, 1.54) is 0 Å². The molecule has 2 rings (SSSR count). The standard InChI is InChI=1S/C15H26N4O2/c1-3-9-21-15-12-14(17-13(4-2)18-15)16-5-6-19-7-10-20-11-8-19/h12H,3-11H2,1-2H3,(H,16,17,18). The van der Waals surface area contributed by atoms with Crippen LogP contribution in [0.15, 0.2) is 6.07 Å². The third kappa shape index (κ3) is 5.47. The highest BCUT2D eigenvalue weighted by Crippen LogP contribution is 2.14. The summed E-state index contributed by atoms with van der Waals surface area (Å²) in [7, 11) is 0. The van der Waals surface area contributed by atoms with Crippen molar-refractivity contribution in [2.24, 2.45) is 0 Å². The molecule has 118 valence electrons. The largest absolute Gasteiger partial charge is 0.478 e. The lowest BCUT2D eigenvalue weighted by molar-refractivity contribution is 0.0398. The Balaban J connectivity index is 1.85. The monoisotopic (exact) mass is 294 g/mol. The van der Waals surface area contributed by atoms with Crippen molar-refractivity contribution in [3.63, 3.8) is 0 Å². The highest BCUT2D eigenvalue weighted by Gasteiger charge is 2.10. The van der Waals surface area contributed by atoms with Crippen LogP contribution in [-0.4, -0.2) is 60.9 Å². The minimum absolute atomic E-state index is 0.664. The molecule has 0 aromatic carbocycles. The van der Waals surface area contributed by atoms with Gasteiger partial charge in [0.25, 0.3) is 0 Å². The molecule has 0 radical (unpaired) electrons. The van der Waals surface area contributed by atoms with E-state index in [1.54, 1.807) is 0 Å². The van der Waals surface area contributed by atoms with Gasteiger partial charge in [0.2, 0.25) is 5.88 Å². The number of hydrogen-bond donors (Lipinski definition) is 1. The van der Waals surface area contributed by atoms with Crippen LogP contribution in [0.2, 0.25) is 0 Å². The van der Waals surface area contributed by atoms with Crippen LogP contribution in [0.4, 0.5) is 5.82 Å². The predicted molar refractivity (Wildman–Crippen MR) is 82.9 cm³/mol. The Kier molecular flexibility index (Phi) is 6.69. The molecule has 1 N–H and O–H groups in total. The van der Waals surface area contributed by atoms with Gasteiger partial charge in [0.05, 0.1) is 19.8 Å². The lowest BCUT2D eigenvalue weighted by Gasteiger charge is -2.26. The molecule has 1 saturated heterocycles. The molecule has 1 fully saturated rings. The molecule has 0 atom stereocenters. The zero-order chi connectivity index (χ0) is 14.9. The summed E-state index contributed by atoms with van der Waals surface area (Å²) < 4.78 is 11.0. The van der Waals surface area contributed by atoms with E-state index in [9.17, 15) is 0 Å². The van der Waals surface area contributed by atoms with Crippen molar-refractivity contribution >= 4 is 5.82 Å². The molecule has 0 unspecified atom stereocenters. The number of ether oxygens (including phenoxy) is 2. The fraction of sp³-hybridized carbons (Fsp3) is 0.733. The highest BCUT2D eigenvalue weighted by molar-refractivity contribution is 5.38. The summed E-state index contributed by atoms with van der Waals surface area (Å²) in [4.78, 5) is 11.3. The Hall–Kier alpha value is -1.40. The first-order valence-corrected chi connectivity index (χ1v) is 7.86. The van der Waals surface area contributed by atoms with Gasteiger partial charge in [-0.1, -0.05) is 13.8 Å². The van der Waals surface area contributed by atoms with Gasteiger partial charge in [-0.25, -0.2) is 4.98 Å². The molecular formula is C15H26N4O2. The van der Waals surface area contributed by atoms with Crippen molar-refractivity contribution in [1.82, 2.24) is 14.9 Å². The van der Waals surface area contributed by atoms with Gasteiger partial charge in [-0.05, 0) is 6.42 Å². The first-order valence-electron chi connectivity index (χ1n) is 7.86. The summed E-state index contributed by atoms with van der Waals surface area (Å²) in [6.07, 6.45) is 1.78. The van der Waals surface area contributed by atoms with Crippen molar-refractivity contribution in [1.29, 1.82) is 0 Å². The van der Waals surface area contributed by atoms with E-state index < -0.39 is 0 Å². The molecule has 1 aliphatic rings. The maximum absolute atomic E-state index is 5.62. The Morgan fingerprint density at radius 1 is 1.29 bits per heavy atom. The molecule has 0 saturated carbocycles. The van der Waals surface area contributed by atoms with Gasteiger partial charge in [-0.2, -0.15) is 4.98 Å². The van der Waals surface area contributed by atoms with Crippen LogP contribution < -0.4 is 10.1 Å². The van der Waals surface area contributed by atoms with E-state index in [2.05, 4.69) is 34.0 Å². The fourth-order valence-corrected chi connectivity index (χ4v) is 2.17. The van der Waals surface area contributed by atoms with Crippen LogP contribution in [0.25, 0.3) is 0 Å². The first kappa shape index (κ1) is 16.0. The highest BCUT2D eigenvalue weighted by atomic mass is 16.5. The number of rotatable bonds is 8. The van der Waals surface area contributed by atoms with Gasteiger partial charge < -0.3 is 14.8 Å².